The summed E-state index contributed by atoms with van der Waals surface area (Å²) in [7, 11) is 0. The van der Waals surface area contributed by atoms with Gasteiger partial charge in [-0.25, -0.2) is 0 Å². The van der Waals surface area contributed by atoms with Crippen LogP contribution in [0.2, 0.25) is 0 Å². The lowest BCUT2D eigenvalue weighted by Gasteiger charge is -2.38. The van der Waals surface area contributed by atoms with Crippen molar-refractivity contribution in [3.63, 3.8) is 0 Å². The van der Waals surface area contributed by atoms with Gasteiger partial charge in [-0.2, -0.15) is 0 Å². The van der Waals surface area contributed by atoms with Gasteiger partial charge in [-0.1, -0.05) is 40.6 Å². The number of likely N-dealkylation sites (tertiary alicyclic amines) is 1. The van der Waals surface area contributed by atoms with E-state index in [9.17, 15) is 9.59 Å². The summed E-state index contributed by atoms with van der Waals surface area (Å²) in [6.07, 6.45) is 5.65. The molecule has 1 aliphatic carbocycles. The molecule has 5 nitrogen and oxygen atoms in total. The number of benzene rings is 1. The van der Waals surface area contributed by atoms with Crippen LogP contribution in [0.15, 0.2) is 51.0 Å². The van der Waals surface area contributed by atoms with Crippen molar-refractivity contribution in [3.05, 3.63) is 51.5 Å². The Kier molecular flexibility index (Phi) is 4.54. The number of rotatable bonds is 1. The second-order valence-corrected chi connectivity index (χ2v) is 9.98. The van der Waals surface area contributed by atoms with Crippen LogP contribution < -0.4 is 5.32 Å². The SMILES string of the molecule is CC1=C(C)C2N=C(C(=O)N3CCC4(CC3)C(=O)Nc3ccc(Br)cc34)C(C)C2C=C1. The Morgan fingerprint density at radius 3 is 2.73 bits per heavy atom. The van der Waals surface area contributed by atoms with Crippen LogP contribution in [0.25, 0.3) is 0 Å². The number of halogens is 1. The van der Waals surface area contributed by atoms with Crippen molar-refractivity contribution in [2.24, 2.45) is 16.8 Å². The Labute approximate surface area is 185 Å². The molecule has 1 N–H and O–H groups in total. The van der Waals surface area contributed by atoms with Crippen LogP contribution in [0, 0.1) is 11.8 Å². The molecule has 6 heteroatoms. The standard InChI is InChI=1S/C24H26BrN3O2/c1-13-4-6-17-15(3)21(27-20(17)14(13)2)22(29)28-10-8-24(9-11-28)18-12-16(25)5-7-19(18)26-23(24)30/h4-7,12,15,17,20H,8-11H2,1-3H3,(H,26,30). The van der Waals surface area contributed by atoms with Crippen LogP contribution in [0.5, 0.6) is 0 Å². The molecular formula is C24H26BrN3O2. The normalized spacial score (nSPS) is 29.1. The number of nitrogens with one attached hydrogen (secondary N) is 1. The lowest BCUT2D eigenvalue weighted by Crippen LogP contribution is -2.50. The third-order valence-corrected chi connectivity index (χ3v) is 8.08. The predicted molar refractivity (Wildman–Crippen MR) is 122 cm³/mol. The lowest BCUT2D eigenvalue weighted by atomic mass is 9.73. The molecule has 1 spiro atoms. The van der Waals surface area contributed by atoms with E-state index in [1.165, 1.54) is 11.1 Å². The quantitative estimate of drug-likeness (QED) is 0.670. The van der Waals surface area contributed by atoms with E-state index in [4.69, 9.17) is 4.99 Å². The first-order valence-corrected chi connectivity index (χ1v) is 11.4. The summed E-state index contributed by atoms with van der Waals surface area (Å²) in [5.41, 5.74) is 4.61. The Bertz CT molecular complexity index is 1050. The topological polar surface area (TPSA) is 61.8 Å². The van der Waals surface area contributed by atoms with Gasteiger partial charge in [0.05, 0.1) is 11.5 Å². The molecule has 2 amide bonds. The van der Waals surface area contributed by atoms with Gasteiger partial charge in [-0.05, 0) is 56.0 Å². The van der Waals surface area contributed by atoms with Crippen molar-refractivity contribution in [1.29, 1.82) is 0 Å². The number of fused-ring (bicyclic) bond motifs is 3. The summed E-state index contributed by atoms with van der Waals surface area (Å²) in [6, 6.07) is 6.03. The van der Waals surface area contributed by atoms with Crippen LogP contribution in [0.1, 0.15) is 39.2 Å². The smallest absolute Gasteiger partial charge is 0.268 e. The Balaban J connectivity index is 1.36. The van der Waals surface area contributed by atoms with Gasteiger partial charge in [0.2, 0.25) is 5.91 Å². The Morgan fingerprint density at radius 2 is 2.00 bits per heavy atom. The average molecular weight is 468 g/mol. The van der Waals surface area contributed by atoms with E-state index in [0.29, 0.717) is 31.6 Å². The highest BCUT2D eigenvalue weighted by Crippen LogP contribution is 2.46. The maximum atomic E-state index is 13.4. The van der Waals surface area contributed by atoms with E-state index in [0.717, 1.165) is 15.7 Å². The zero-order valence-corrected chi connectivity index (χ0v) is 19.1. The van der Waals surface area contributed by atoms with Gasteiger partial charge in [0.25, 0.3) is 5.91 Å². The summed E-state index contributed by atoms with van der Waals surface area (Å²) in [4.78, 5) is 33.0. The minimum atomic E-state index is -0.536. The molecule has 3 heterocycles. The number of carbonyl (C=O) groups excluding carboxylic acids is 2. The zero-order chi connectivity index (χ0) is 21.2. The van der Waals surface area contributed by atoms with Crippen LogP contribution in [0.3, 0.4) is 0 Å². The minimum Gasteiger partial charge on any atom is -0.338 e. The molecule has 1 aromatic carbocycles. The first-order chi connectivity index (χ1) is 14.3. The molecule has 0 saturated carbocycles. The number of nitrogens with zero attached hydrogens (tertiary/aromatic N) is 2. The minimum absolute atomic E-state index is 0.0403. The molecule has 156 valence electrons. The van der Waals surface area contributed by atoms with Crippen molar-refractivity contribution in [2.75, 3.05) is 18.4 Å². The zero-order valence-electron chi connectivity index (χ0n) is 17.5. The second-order valence-electron chi connectivity index (χ2n) is 9.07. The van der Waals surface area contributed by atoms with Crippen LogP contribution >= 0.6 is 15.9 Å². The number of amides is 2. The summed E-state index contributed by atoms with van der Waals surface area (Å²) >= 11 is 3.53. The number of anilines is 1. The van der Waals surface area contributed by atoms with E-state index in [-0.39, 0.29) is 29.7 Å². The molecule has 0 bridgehead atoms. The summed E-state index contributed by atoms with van der Waals surface area (Å²) in [5, 5.41) is 3.03. The van der Waals surface area contributed by atoms with Crippen molar-refractivity contribution in [3.8, 4) is 0 Å². The number of carbonyl (C=O) groups is 2. The van der Waals surface area contributed by atoms with Crippen molar-refractivity contribution in [1.82, 2.24) is 4.90 Å². The van der Waals surface area contributed by atoms with Gasteiger partial charge in [-0.15, -0.1) is 0 Å². The van der Waals surface area contributed by atoms with E-state index in [1.807, 2.05) is 23.1 Å². The first-order valence-electron chi connectivity index (χ1n) is 10.7. The van der Waals surface area contributed by atoms with Gasteiger partial charge in [0.1, 0.15) is 5.71 Å². The average Bonchev–Trinajstić information content (AvgIpc) is 3.20. The molecular weight excluding hydrogens is 442 g/mol. The third-order valence-electron chi connectivity index (χ3n) is 7.59. The van der Waals surface area contributed by atoms with Crippen molar-refractivity contribution < 1.29 is 9.59 Å². The molecule has 0 radical (unpaired) electrons. The van der Waals surface area contributed by atoms with Gasteiger partial charge in [0, 0.05) is 35.1 Å². The second kappa shape index (κ2) is 6.91. The Hall–Kier alpha value is -2.21. The van der Waals surface area contributed by atoms with E-state index in [1.54, 1.807) is 0 Å². The van der Waals surface area contributed by atoms with E-state index < -0.39 is 5.41 Å². The predicted octanol–water partition coefficient (Wildman–Crippen LogP) is 4.24. The molecule has 1 saturated heterocycles. The maximum absolute atomic E-state index is 13.4. The van der Waals surface area contributed by atoms with Gasteiger partial charge in [-0.3, -0.25) is 14.6 Å². The highest BCUT2D eigenvalue weighted by molar-refractivity contribution is 9.10. The number of hydrogen-bond acceptors (Lipinski definition) is 3. The van der Waals surface area contributed by atoms with Gasteiger partial charge in [0.15, 0.2) is 0 Å². The number of hydrogen-bond donors (Lipinski definition) is 1. The molecule has 3 atom stereocenters. The van der Waals surface area contributed by atoms with Gasteiger partial charge < -0.3 is 10.2 Å². The first kappa shape index (κ1) is 19.7. The maximum Gasteiger partial charge on any atom is 0.268 e. The lowest BCUT2D eigenvalue weighted by molar-refractivity contribution is -0.129. The third kappa shape index (κ3) is 2.76. The highest BCUT2D eigenvalue weighted by atomic mass is 79.9. The molecule has 3 unspecified atom stereocenters. The molecule has 3 aliphatic heterocycles. The molecule has 1 aromatic rings. The monoisotopic (exact) mass is 467 g/mol. The number of aliphatic imine (C=N–C) groups is 1. The molecule has 0 aromatic heterocycles. The number of piperidine rings is 1. The summed E-state index contributed by atoms with van der Waals surface area (Å²) < 4.78 is 0.971. The largest absolute Gasteiger partial charge is 0.338 e. The fourth-order valence-corrected chi connectivity index (χ4v) is 5.83. The van der Waals surface area contributed by atoms with Crippen molar-refractivity contribution in [2.45, 2.75) is 45.1 Å². The molecule has 1 fully saturated rings. The molecule has 30 heavy (non-hydrogen) atoms. The van der Waals surface area contributed by atoms with Crippen LogP contribution in [-0.4, -0.2) is 41.6 Å². The summed E-state index contributed by atoms with van der Waals surface area (Å²) in [5.74, 6) is 0.484. The fraction of sp³-hybridized carbons (Fsp3) is 0.458. The number of allylic oxidation sites excluding steroid dienone is 2. The van der Waals surface area contributed by atoms with E-state index in [2.05, 4.69) is 54.2 Å². The molecule has 4 aliphatic rings. The van der Waals surface area contributed by atoms with Crippen molar-refractivity contribution >= 4 is 39.1 Å². The van der Waals surface area contributed by atoms with Crippen LogP contribution in [-0.2, 0) is 15.0 Å². The summed E-state index contributed by atoms with van der Waals surface area (Å²) in [6.45, 7) is 7.49. The van der Waals surface area contributed by atoms with Gasteiger partial charge >= 0.3 is 0 Å². The Morgan fingerprint density at radius 1 is 1.27 bits per heavy atom. The molecule has 5 rings (SSSR count). The highest BCUT2D eigenvalue weighted by Gasteiger charge is 2.50. The van der Waals surface area contributed by atoms with Crippen LogP contribution in [0.4, 0.5) is 5.69 Å². The van der Waals surface area contributed by atoms with E-state index >= 15 is 0 Å². The fourth-order valence-electron chi connectivity index (χ4n) is 5.47.